The Morgan fingerprint density at radius 1 is 1.32 bits per heavy atom. The predicted octanol–water partition coefficient (Wildman–Crippen LogP) is 3.41. The number of halogens is 2. The fraction of sp³-hybridized carbons (Fsp3) is 0.462. The number of thioether (sulfide) groups is 1. The van der Waals surface area contributed by atoms with Gasteiger partial charge in [0.1, 0.15) is 0 Å². The lowest BCUT2D eigenvalue weighted by molar-refractivity contribution is 0.786. The first-order valence-electron chi connectivity index (χ1n) is 6.04. The van der Waals surface area contributed by atoms with Crippen molar-refractivity contribution in [3.63, 3.8) is 0 Å². The van der Waals surface area contributed by atoms with Crippen LogP contribution in [0, 0.1) is 0 Å². The smallest absolute Gasteiger partial charge is 0.191 e. The molecule has 1 aromatic carbocycles. The Labute approximate surface area is 129 Å². The van der Waals surface area contributed by atoms with E-state index in [9.17, 15) is 0 Å². The zero-order valence-corrected chi connectivity index (χ0v) is 13.5. The van der Waals surface area contributed by atoms with E-state index in [4.69, 9.17) is 23.2 Å². The molecule has 0 aliphatic heterocycles. The van der Waals surface area contributed by atoms with Crippen molar-refractivity contribution >= 4 is 40.9 Å². The molecular weight excluding hydrogens is 301 g/mol. The molecule has 0 amide bonds. The van der Waals surface area contributed by atoms with E-state index in [1.165, 1.54) is 0 Å². The first-order valence-corrected chi connectivity index (χ1v) is 8.19. The van der Waals surface area contributed by atoms with Gasteiger partial charge >= 0.3 is 0 Å². The van der Waals surface area contributed by atoms with Crippen molar-refractivity contribution in [2.45, 2.75) is 13.0 Å². The number of nitrogens with zero attached hydrogens (tertiary/aromatic N) is 1. The molecule has 19 heavy (non-hydrogen) atoms. The van der Waals surface area contributed by atoms with Crippen LogP contribution in [-0.2, 0) is 6.54 Å². The highest BCUT2D eigenvalue weighted by atomic mass is 35.5. The maximum Gasteiger partial charge on any atom is 0.191 e. The minimum atomic E-state index is 0.623. The summed E-state index contributed by atoms with van der Waals surface area (Å²) in [4.78, 5) is 4.17. The van der Waals surface area contributed by atoms with E-state index in [1.54, 1.807) is 13.1 Å². The molecule has 1 aromatic rings. The standard InChI is InChI=1S/C13H19Cl2N3S/c1-16-13(17-6-3-7-19-2)18-9-10-4-5-11(14)8-12(10)15/h4-5,8H,3,6-7,9H2,1-2H3,(H2,16,17,18). The van der Waals surface area contributed by atoms with Crippen LogP contribution >= 0.6 is 35.0 Å². The molecule has 0 heterocycles. The van der Waals surface area contributed by atoms with Crippen molar-refractivity contribution in [2.24, 2.45) is 4.99 Å². The predicted molar refractivity (Wildman–Crippen MR) is 87.7 cm³/mol. The van der Waals surface area contributed by atoms with E-state index in [0.29, 0.717) is 16.6 Å². The molecule has 0 radical (unpaired) electrons. The maximum atomic E-state index is 6.11. The average Bonchev–Trinajstić information content (AvgIpc) is 2.40. The molecule has 0 bridgehead atoms. The van der Waals surface area contributed by atoms with Gasteiger partial charge in [-0.15, -0.1) is 0 Å². The summed E-state index contributed by atoms with van der Waals surface area (Å²) in [6, 6.07) is 5.49. The molecule has 0 aliphatic carbocycles. The maximum absolute atomic E-state index is 6.11. The van der Waals surface area contributed by atoms with Gasteiger partial charge in [0.2, 0.25) is 0 Å². The average molecular weight is 320 g/mol. The van der Waals surface area contributed by atoms with Crippen LogP contribution in [0.4, 0.5) is 0 Å². The molecule has 0 aromatic heterocycles. The number of hydrogen-bond acceptors (Lipinski definition) is 2. The molecule has 6 heteroatoms. The molecule has 0 saturated carbocycles. The van der Waals surface area contributed by atoms with Gasteiger partial charge in [0, 0.05) is 30.2 Å². The van der Waals surface area contributed by atoms with Gasteiger partial charge in [-0.2, -0.15) is 11.8 Å². The van der Waals surface area contributed by atoms with Crippen LogP contribution in [0.1, 0.15) is 12.0 Å². The second-order valence-electron chi connectivity index (χ2n) is 3.93. The monoisotopic (exact) mass is 319 g/mol. The highest BCUT2D eigenvalue weighted by Gasteiger charge is 2.02. The molecule has 0 saturated heterocycles. The van der Waals surface area contributed by atoms with Gasteiger partial charge in [-0.1, -0.05) is 29.3 Å². The summed E-state index contributed by atoms with van der Waals surface area (Å²) in [5.41, 5.74) is 0.998. The molecule has 0 unspecified atom stereocenters. The van der Waals surface area contributed by atoms with Crippen molar-refractivity contribution in [2.75, 3.05) is 25.6 Å². The third kappa shape index (κ3) is 6.41. The molecule has 0 atom stereocenters. The summed E-state index contributed by atoms with van der Waals surface area (Å²) < 4.78 is 0. The lowest BCUT2D eigenvalue weighted by Gasteiger charge is -2.12. The summed E-state index contributed by atoms with van der Waals surface area (Å²) in [5.74, 6) is 1.93. The lowest BCUT2D eigenvalue weighted by Crippen LogP contribution is -2.37. The van der Waals surface area contributed by atoms with Crippen molar-refractivity contribution in [1.82, 2.24) is 10.6 Å². The van der Waals surface area contributed by atoms with E-state index in [2.05, 4.69) is 21.9 Å². The fourth-order valence-corrected chi connectivity index (χ4v) is 2.40. The van der Waals surface area contributed by atoms with Crippen LogP contribution in [0.25, 0.3) is 0 Å². The SMILES string of the molecule is CN=C(NCCCSC)NCc1ccc(Cl)cc1Cl. The number of guanidine groups is 1. The van der Waals surface area contributed by atoms with Gasteiger partial charge in [-0.3, -0.25) is 4.99 Å². The van der Waals surface area contributed by atoms with Gasteiger partial charge in [0.05, 0.1) is 0 Å². The largest absolute Gasteiger partial charge is 0.356 e. The van der Waals surface area contributed by atoms with Crippen LogP contribution in [-0.4, -0.2) is 31.6 Å². The van der Waals surface area contributed by atoms with Gasteiger partial charge in [0.25, 0.3) is 0 Å². The summed E-state index contributed by atoms with van der Waals surface area (Å²) >= 11 is 13.8. The normalized spacial score (nSPS) is 11.5. The van der Waals surface area contributed by atoms with Crippen LogP contribution in [0.2, 0.25) is 10.0 Å². The van der Waals surface area contributed by atoms with Crippen LogP contribution in [0.15, 0.2) is 23.2 Å². The Morgan fingerprint density at radius 2 is 2.11 bits per heavy atom. The molecule has 3 nitrogen and oxygen atoms in total. The fourth-order valence-electron chi connectivity index (χ4n) is 1.49. The number of aliphatic imine (C=N–C) groups is 1. The van der Waals surface area contributed by atoms with E-state index in [1.807, 2.05) is 23.9 Å². The minimum absolute atomic E-state index is 0.623. The Balaban J connectivity index is 2.40. The van der Waals surface area contributed by atoms with Crippen molar-refractivity contribution in [1.29, 1.82) is 0 Å². The zero-order valence-electron chi connectivity index (χ0n) is 11.2. The Kier molecular flexibility index (Phi) is 8.10. The van der Waals surface area contributed by atoms with Crippen molar-refractivity contribution in [3.05, 3.63) is 33.8 Å². The number of benzene rings is 1. The Hall–Kier alpha value is -0.580. The second-order valence-corrected chi connectivity index (χ2v) is 5.76. The van der Waals surface area contributed by atoms with Crippen LogP contribution < -0.4 is 10.6 Å². The molecule has 106 valence electrons. The lowest BCUT2D eigenvalue weighted by atomic mass is 10.2. The molecular formula is C13H19Cl2N3S. The van der Waals surface area contributed by atoms with Crippen LogP contribution in [0.5, 0.6) is 0 Å². The number of hydrogen-bond donors (Lipinski definition) is 2. The quantitative estimate of drug-likeness (QED) is 0.479. The third-order valence-corrected chi connectivity index (χ3v) is 3.79. The number of rotatable bonds is 6. The van der Waals surface area contributed by atoms with Gasteiger partial charge in [0.15, 0.2) is 5.96 Å². The van der Waals surface area contributed by atoms with E-state index >= 15 is 0 Å². The molecule has 0 spiro atoms. The molecule has 2 N–H and O–H groups in total. The Morgan fingerprint density at radius 3 is 2.74 bits per heavy atom. The van der Waals surface area contributed by atoms with Gasteiger partial charge in [-0.05, 0) is 36.1 Å². The summed E-state index contributed by atoms with van der Waals surface area (Å²) in [7, 11) is 1.76. The number of nitrogens with one attached hydrogen (secondary N) is 2. The molecule has 0 fully saturated rings. The zero-order chi connectivity index (χ0) is 14.1. The second kappa shape index (κ2) is 9.34. The minimum Gasteiger partial charge on any atom is -0.356 e. The first-order chi connectivity index (χ1) is 9.17. The molecule has 1 rings (SSSR count). The highest BCUT2D eigenvalue weighted by Crippen LogP contribution is 2.20. The van der Waals surface area contributed by atoms with Gasteiger partial charge < -0.3 is 10.6 Å². The summed E-state index contributed by atoms with van der Waals surface area (Å²) in [5, 5.41) is 7.80. The van der Waals surface area contributed by atoms with E-state index < -0.39 is 0 Å². The molecule has 0 aliphatic rings. The van der Waals surface area contributed by atoms with Crippen molar-refractivity contribution in [3.8, 4) is 0 Å². The highest BCUT2D eigenvalue weighted by molar-refractivity contribution is 7.98. The summed E-state index contributed by atoms with van der Waals surface area (Å²) in [6.45, 7) is 1.53. The van der Waals surface area contributed by atoms with Gasteiger partial charge in [-0.25, -0.2) is 0 Å². The first kappa shape index (κ1) is 16.5. The Bertz CT molecular complexity index is 424. The van der Waals surface area contributed by atoms with Crippen molar-refractivity contribution < 1.29 is 0 Å². The van der Waals surface area contributed by atoms with E-state index in [0.717, 1.165) is 30.2 Å². The topological polar surface area (TPSA) is 36.4 Å². The van der Waals surface area contributed by atoms with E-state index in [-0.39, 0.29) is 0 Å². The van der Waals surface area contributed by atoms with Crippen LogP contribution in [0.3, 0.4) is 0 Å². The third-order valence-electron chi connectivity index (χ3n) is 2.50. The summed E-state index contributed by atoms with van der Waals surface area (Å²) in [6.07, 6.45) is 3.22.